The highest BCUT2D eigenvalue weighted by atomic mass is 35.5. The summed E-state index contributed by atoms with van der Waals surface area (Å²) in [5.41, 5.74) is 6.73. The largest absolute Gasteiger partial charge is 0.495 e. The zero-order valence-corrected chi connectivity index (χ0v) is 11.8. The summed E-state index contributed by atoms with van der Waals surface area (Å²) in [6.07, 6.45) is 1.33. The second-order valence-corrected chi connectivity index (χ2v) is 4.34. The zero-order chi connectivity index (χ0) is 14.0. The number of benzene rings is 1. The van der Waals surface area contributed by atoms with Crippen molar-refractivity contribution in [2.24, 2.45) is 0 Å². The van der Waals surface area contributed by atoms with Gasteiger partial charge < -0.3 is 15.2 Å². The van der Waals surface area contributed by atoms with Crippen molar-refractivity contribution in [3.8, 4) is 22.8 Å². The highest BCUT2D eigenvalue weighted by molar-refractivity contribution is 6.36. The summed E-state index contributed by atoms with van der Waals surface area (Å²) < 4.78 is 10.4. The Labute approximate surface area is 120 Å². The van der Waals surface area contributed by atoms with Gasteiger partial charge in [0.1, 0.15) is 27.9 Å². The molecule has 0 aliphatic heterocycles. The molecule has 2 aromatic rings. The van der Waals surface area contributed by atoms with Crippen LogP contribution in [0.15, 0.2) is 18.5 Å². The van der Waals surface area contributed by atoms with Crippen molar-refractivity contribution in [2.45, 2.75) is 0 Å². The highest BCUT2D eigenvalue weighted by Crippen LogP contribution is 2.43. The fraction of sp³-hybridized carbons (Fsp3) is 0.167. The second-order valence-electron chi connectivity index (χ2n) is 3.58. The topological polar surface area (TPSA) is 70.3 Å². The van der Waals surface area contributed by atoms with E-state index in [0.717, 1.165) is 0 Å². The van der Waals surface area contributed by atoms with Gasteiger partial charge in [-0.2, -0.15) is 0 Å². The maximum absolute atomic E-state index is 6.19. The van der Waals surface area contributed by atoms with Gasteiger partial charge in [-0.3, -0.25) is 0 Å². The van der Waals surface area contributed by atoms with Gasteiger partial charge in [0.05, 0.1) is 19.9 Å². The van der Waals surface area contributed by atoms with Gasteiger partial charge in [0.15, 0.2) is 5.75 Å². The normalized spacial score (nSPS) is 10.3. The standard InChI is InChI=1S/C12H11Cl2N3O2/c1-18-7-4-3-6(11(19-2)8(7)13)10-9(14)12(15)17-5-16-10/h3-5H,1-2H3,(H2,15,16,17). The van der Waals surface area contributed by atoms with Crippen LogP contribution >= 0.6 is 23.2 Å². The van der Waals surface area contributed by atoms with E-state index in [9.17, 15) is 0 Å². The Morgan fingerprint density at radius 2 is 1.79 bits per heavy atom. The molecule has 1 heterocycles. The third kappa shape index (κ3) is 2.39. The van der Waals surface area contributed by atoms with Crippen LogP contribution in [0.1, 0.15) is 0 Å². The van der Waals surface area contributed by atoms with E-state index in [2.05, 4.69) is 9.97 Å². The van der Waals surface area contributed by atoms with Crippen LogP contribution in [0.5, 0.6) is 11.5 Å². The van der Waals surface area contributed by atoms with Crippen LogP contribution < -0.4 is 15.2 Å². The van der Waals surface area contributed by atoms with E-state index in [4.69, 9.17) is 38.4 Å². The average molecular weight is 300 g/mol. The molecule has 2 N–H and O–H groups in total. The van der Waals surface area contributed by atoms with Gasteiger partial charge in [-0.05, 0) is 12.1 Å². The van der Waals surface area contributed by atoms with Gasteiger partial charge in [-0.25, -0.2) is 9.97 Å². The molecule has 0 spiro atoms. The second kappa shape index (κ2) is 5.50. The predicted molar refractivity (Wildman–Crippen MR) is 75.0 cm³/mol. The first-order valence-corrected chi connectivity index (χ1v) is 6.02. The molecule has 0 aliphatic carbocycles. The van der Waals surface area contributed by atoms with Crippen LogP contribution in [0.3, 0.4) is 0 Å². The molecule has 2 rings (SSSR count). The van der Waals surface area contributed by atoms with E-state index in [1.54, 1.807) is 12.1 Å². The first-order chi connectivity index (χ1) is 9.10. The Morgan fingerprint density at radius 1 is 1.05 bits per heavy atom. The Balaban J connectivity index is 2.69. The number of ether oxygens (including phenoxy) is 2. The van der Waals surface area contributed by atoms with E-state index >= 15 is 0 Å². The average Bonchev–Trinajstić information content (AvgIpc) is 2.41. The van der Waals surface area contributed by atoms with Crippen molar-refractivity contribution < 1.29 is 9.47 Å². The van der Waals surface area contributed by atoms with Gasteiger partial charge in [-0.15, -0.1) is 0 Å². The molecule has 0 unspecified atom stereocenters. The van der Waals surface area contributed by atoms with E-state index in [1.807, 2.05) is 0 Å². The predicted octanol–water partition coefficient (Wildman–Crippen LogP) is 3.05. The van der Waals surface area contributed by atoms with Gasteiger partial charge in [0.2, 0.25) is 0 Å². The smallest absolute Gasteiger partial charge is 0.150 e. The Hall–Kier alpha value is -1.72. The Bertz CT molecular complexity index is 620. The molecule has 7 heteroatoms. The summed E-state index contributed by atoms with van der Waals surface area (Å²) in [7, 11) is 3.03. The third-order valence-electron chi connectivity index (χ3n) is 2.56. The molecule has 0 fully saturated rings. The number of anilines is 1. The first kappa shape index (κ1) is 13.7. The minimum atomic E-state index is 0.195. The van der Waals surface area contributed by atoms with Crippen molar-refractivity contribution in [2.75, 3.05) is 20.0 Å². The molecule has 0 amide bonds. The van der Waals surface area contributed by atoms with Gasteiger partial charge in [0.25, 0.3) is 0 Å². The SMILES string of the molecule is COc1ccc(-c2ncnc(N)c2Cl)c(OC)c1Cl. The van der Waals surface area contributed by atoms with Crippen LogP contribution in [-0.4, -0.2) is 24.2 Å². The number of nitrogens with zero attached hydrogens (tertiary/aromatic N) is 2. The van der Waals surface area contributed by atoms with E-state index in [-0.39, 0.29) is 10.8 Å². The molecule has 5 nitrogen and oxygen atoms in total. The Kier molecular flexibility index (Phi) is 3.97. The van der Waals surface area contributed by atoms with Gasteiger partial charge in [0, 0.05) is 5.56 Å². The number of hydrogen-bond acceptors (Lipinski definition) is 5. The van der Waals surface area contributed by atoms with Crippen molar-refractivity contribution in [3.05, 3.63) is 28.5 Å². The summed E-state index contributed by atoms with van der Waals surface area (Å²) >= 11 is 12.3. The number of rotatable bonds is 3. The molecular weight excluding hydrogens is 289 g/mol. The number of nitrogen functional groups attached to an aromatic ring is 1. The number of aromatic nitrogens is 2. The molecule has 1 aromatic heterocycles. The quantitative estimate of drug-likeness (QED) is 0.943. The lowest BCUT2D eigenvalue weighted by Crippen LogP contribution is -1.98. The minimum Gasteiger partial charge on any atom is -0.495 e. The summed E-state index contributed by atoms with van der Waals surface area (Å²) in [5, 5.41) is 0.595. The Morgan fingerprint density at radius 3 is 2.42 bits per heavy atom. The van der Waals surface area contributed by atoms with Crippen molar-refractivity contribution in [1.29, 1.82) is 0 Å². The zero-order valence-electron chi connectivity index (χ0n) is 10.3. The molecule has 0 atom stereocenters. The van der Waals surface area contributed by atoms with Crippen LogP contribution in [0, 0.1) is 0 Å². The fourth-order valence-electron chi connectivity index (χ4n) is 1.65. The van der Waals surface area contributed by atoms with E-state index < -0.39 is 0 Å². The van der Waals surface area contributed by atoms with Gasteiger partial charge in [-0.1, -0.05) is 23.2 Å². The lowest BCUT2D eigenvalue weighted by Gasteiger charge is -2.13. The van der Waals surface area contributed by atoms with E-state index in [0.29, 0.717) is 27.8 Å². The molecule has 0 saturated heterocycles. The van der Waals surface area contributed by atoms with Gasteiger partial charge >= 0.3 is 0 Å². The number of hydrogen-bond donors (Lipinski definition) is 1. The van der Waals surface area contributed by atoms with Crippen molar-refractivity contribution in [3.63, 3.8) is 0 Å². The maximum atomic E-state index is 6.19. The van der Waals surface area contributed by atoms with Crippen LogP contribution in [0.2, 0.25) is 10.0 Å². The first-order valence-electron chi connectivity index (χ1n) is 5.27. The number of nitrogens with two attached hydrogens (primary N) is 1. The summed E-state index contributed by atoms with van der Waals surface area (Å²) in [5.74, 6) is 1.11. The fourth-order valence-corrected chi connectivity index (χ4v) is 2.17. The molecule has 19 heavy (non-hydrogen) atoms. The molecule has 100 valence electrons. The third-order valence-corrected chi connectivity index (χ3v) is 3.29. The number of methoxy groups -OCH3 is 2. The van der Waals surface area contributed by atoms with Crippen LogP contribution in [0.4, 0.5) is 5.82 Å². The van der Waals surface area contributed by atoms with Crippen LogP contribution in [0.25, 0.3) is 11.3 Å². The molecule has 0 bridgehead atoms. The molecular formula is C12H11Cl2N3O2. The maximum Gasteiger partial charge on any atom is 0.150 e. The summed E-state index contributed by atoms with van der Waals surface area (Å²) in [6, 6.07) is 3.45. The molecule has 1 aromatic carbocycles. The van der Waals surface area contributed by atoms with Crippen LogP contribution in [-0.2, 0) is 0 Å². The molecule has 0 saturated carbocycles. The molecule has 0 radical (unpaired) electrons. The minimum absolute atomic E-state index is 0.195. The highest BCUT2D eigenvalue weighted by Gasteiger charge is 2.18. The van der Waals surface area contributed by atoms with Crippen molar-refractivity contribution >= 4 is 29.0 Å². The lowest BCUT2D eigenvalue weighted by atomic mass is 10.1. The molecule has 0 aliphatic rings. The number of halogens is 2. The lowest BCUT2D eigenvalue weighted by molar-refractivity contribution is 0.396. The van der Waals surface area contributed by atoms with Crippen molar-refractivity contribution in [1.82, 2.24) is 9.97 Å². The summed E-state index contributed by atoms with van der Waals surface area (Å²) in [6.45, 7) is 0. The summed E-state index contributed by atoms with van der Waals surface area (Å²) in [4.78, 5) is 7.92. The van der Waals surface area contributed by atoms with E-state index in [1.165, 1.54) is 20.5 Å². The monoisotopic (exact) mass is 299 g/mol.